The van der Waals surface area contributed by atoms with Gasteiger partial charge in [0, 0.05) is 30.3 Å². The molecule has 2 aromatic carbocycles. The second kappa shape index (κ2) is 13.0. The van der Waals surface area contributed by atoms with Gasteiger partial charge in [-0.15, -0.1) is 35.7 Å². The van der Waals surface area contributed by atoms with Crippen LogP contribution in [0.3, 0.4) is 0 Å². The highest BCUT2D eigenvalue weighted by Crippen LogP contribution is 2.15. The number of thioether (sulfide) groups is 1. The predicted molar refractivity (Wildman–Crippen MR) is 128 cm³/mol. The van der Waals surface area contributed by atoms with E-state index in [1.54, 1.807) is 23.9 Å². The molecule has 0 aliphatic rings. The van der Waals surface area contributed by atoms with Crippen molar-refractivity contribution in [1.82, 2.24) is 10.6 Å². The Kier molecular flexibility index (Phi) is 11.5. The van der Waals surface area contributed by atoms with Gasteiger partial charge in [-0.2, -0.15) is 0 Å². The maximum absolute atomic E-state index is 11.3. The fraction of sp³-hybridized carbons (Fsp3) is 0.316. The Hall–Kier alpha value is -1.30. The van der Waals surface area contributed by atoms with E-state index in [0.29, 0.717) is 6.54 Å². The first kappa shape index (κ1) is 24.7. The summed E-state index contributed by atoms with van der Waals surface area (Å²) in [5, 5.41) is 11.7. The van der Waals surface area contributed by atoms with E-state index in [0.717, 1.165) is 36.8 Å². The van der Waals surface area contributed by atoms with E-state index in [1.807, 2.05) is 25.1 Å². The lowest BCUT2D eigenvalue weighted by Gasteiger charge is -2.11. The highest BCUT2D eigenvalue weighted by molar-refractivity contribution is 14.0. The monoisotopic (exact) mass is 534 g/mol. The summed E-state index contributed by atoms with van der Waals surface area (Å²) in [5.41, 5.74) is 1.02. The van der Waals surface area contributed by atoms with E-state index in [2.05, 4.69) is 27.8 Å². The van der Waals surface area contributed by atoms with E-state index >= 15 is 0 Å². The van der Waals surface area contributed by atoms with Crippen LogP contribution in [0.2, 0.25) is 0 Å². The molecule has 28 heavy (non-hydrogen) atoms. The summed E-state index contributed by atoms with van der Waals surface area (Å²) in [4.78, 5) is 5.95. The summed E-state index contributed by atoms with van der Waals surface area (Å²) in [6.45, 7) is 4.24. The van der Waals surface area contributed by atoms with E-state index in [4.69, 9.17) is 5.14 Å². The van der Waals surface area contributed by atoms with Gasteiger partial charge in [0.2, 0.25) is 10.0 Å². The Morgan fingerprint density at radius 2 is 1.75 bits per heavy atom. The number of hydrogen-bond donors (Lipinski definition) is 3. The quantitative estimate of drug-likeness (QED) is 0.151. The second-order valence-electron chi connectivity index (χ2n) is 5.79. The van der Waals surface area contributed by atoms with Crippen LogP contribution in [0.4, 0.5) is 0 Å². The molecule has 0 aromatic heterocycles. The zero-order valence-corrected chi connectivity index (χ0v) is 19.8. The largest absolute Gasteiger partial charge is 0.357 e. The molecule has 0 aliphatic heterocycles. The number of nitrogens with two attached hydrogens (primary N) is 1. The van der Waals surface area contributed by atoms with E-state index in [1.165, 1.54) is 17.0 Å². The van der Waals surface area contributed by atoms with Crippen molar-refractivity contribution in [3.05, 3.63) is 60.2 Å². The van der Waals surface area contributed by atoms with Crippen molar-refractivity contribution in [3.8, 4) is 0 Å². The van der Waals surface area contributed by atoms with Gasteiger partial charge in [0.1, 0.15) is 0 Å². The average Bonchev–Trinajstić information content (AvgIpc) is 2.66. The first-order valence-corrected chi connectivity index (χ1v) is 11.3. The number of sulfonamides is 1. The van der Waals surface area contributed by atoms with E-state index in [-0.39, 0.29) is 28.9 Å². The molecule has 4 N–H and O–H groups in total. The van der Waals surface area contributed by atoms with Gasteiger partial charge in [0.25, 0.3) is 0 Å². The first-order valence-electron chi connectivity index (χ1n) is 8.81. The summed E-state index contributed by atoms with van der Waals surface area (Å²) < 4.78 is 22.5. The highest BCUT2D eigenvalue weighted by Gasteiger charge is 2.06. The summed E-state index contributed by atoms with van der Waals surface area (Å²) >= 11 is 1.80. The average molecular weight is 534 g/mol. The zero-order chi connectivity index (χ0) is 19.5. The number of guanidine groups is 1. The van der Waals surface area contributed by atoms with Gasteiger partial charge in [-0.3, -0.25) is 4.99 Å². The molecule has 2 rings (SSSR count). The molecule has 154 valence electrons. The number of primary sulfonamides is 1. The maximum Gasteiger partial charge on any atom is 0.238 e. The molecule has 0 unspecified atom stereocenters. The third-order valence-electron chi connectivity index (χ3n) is 3.67. The molecule has 0 heterocycles. The smallest absolute Gasteiger partial charge is 0.238 e. The summed E-state index contributed by atoms with van der Waals surface area (Å²) in [7, 11) is -3.64. The Morgan fingerprint density at radius 3 is 2.36 bits per heavy atom. The lowest BCUT2D eigenvalue weighted by atomic mass is 10.1. The SMILES string of the molecule is CCNC(=NCCc1ccc(S(N)(=O)=O)cc1)NCCSc1ccccc1.I. The van der Waals surface area contributed by atoms with Gasteiger partial charge in [-0.25, -0.2) is 13.6 Å². The van der Waals surface area contributed by atoms with E-state index in [9.17, 15) is 8.42 Å². The van der Waals surface area contributed by atoms with Crippen molar-refractivity contribution >= 4 is 51.7 Å². The number of hydrogen-bond acceptors (Lipinski definition) is 4. The molecule has 0 spiro atoms. The van der Waals surface area contributed by atoms with Crippen LogP contribution in [0.1, 0.15) is 12.5 Å². The Morgan fingerprint density at radius 1 is 1.07 bits per heavy atom. The molecule has 0 radical (unpaired) electrons. The number of rotatable bonds is 9. The van der Waals surface area contributed by atoms with Crippen molar-refractivity contribution in [2.24, 2.45) is 10.1 Å². The molecule has 0 saturated carbocycles. The van der Waals surface area contributed by atoms with Crippen molar-refractivity contribution in [2.75, 3.05) is 25.4 Å². The topological polar surface area (TPSA) is 96.6 Å². The Bertz CT molecular complexity index is 829. The molecule has 0 saturated heterocycles. The minimum atomic E-state index is -3.64. The predicted octanol–water partition coefficient (Wildman–Crippen LogP) is 2.84. The standard InChI is InChI=1S/C19H26N4O2S2.HI/c1-2-21-19(23-14-15-26-17-6-4-3-5-7-17)22-13-12-16-8-10-18(11-9-16)27(20,24)25;/h3-11H,2,12-15H2,1H3,(H2,20,24,25)(H2,21,22,23);1H. The normalized spacial score (nSPS) is 11.6. The number of halogens is 1. The van der Waals surface area contributed by atoms with Crippen molar-refractivity contribution in [2.45, 2.75) is 23.1 Å². The van der Waals surface area contributed by atoms with Crippen LogP contribution in [0.25, 0.3) is 0 Å². The number of nitrogens with zero attached hydrogens (tertiary/aromatic N) is 1. The lowest BCUT2D eigenvalue weighted by Crippen LogP contribution is -2.38. The third-order valence-corrected chi connectivity index (χ3v) is 5.62. The Balaban J connectivity index is 0.00000392. The molecule has 9 heteroatoms. The van der Waals surface area contributed by atoms with Crippen LogP contribution in [0, 0.1) is 0 Å². The molecule has 0 aliphatic carbocycles. The minimum absolute atomic E-state index is 0. The highest BCUT2D eigenvalue weighted by atomic mass is 127. The Labute approximate surface area is 188 Å². The van der Waals surface area contributed by atoms with Gasteiger partial charge in [0.05, 0.1) is 4.90 Å². The molecule has 2 aromatic rings. The molecule has 0 fully saturated rings. The van der Waals surface area contributed by atoms with Crippen molar-refractivity contribution in [1.29, 1.82) is 0 Å². The summed E-state index contributed by atoms with van der Waals surface area (Å²) in [5.74, 6) is 1.73. The third kappa shape index (κ3) is 9.26. The molecule has 6 nitrogen and oxygen atoms in total. The van der Waals surface area contributed by atoms with Crippen LogP contribution in [-0.4, -0.2) is 39.8 Å². The first-order chi connectivity index (χ1) is 13.0. The fourth-order valence-electron chi connectivity index (χ4n) is 2.34. The van der Waals surface area contributed by atoms with E-state index < -0.39 is 10.0 Å². The molecule has 0 amide bonds. The summed E-state index contributed by atoms with van der Waals surface area (Å²) in [6, 6.07) is 16.9. The van der Waals surface area contributed by atoms with Crippen LogP contribution in [0.15, 0.2) is 69.4 Å². The fourth-order valence-corrected chi connectivity index (χ4v) is 3.64. The molecule has 0 atom stereocenters. The minimum Gasteiger partial charge on any atom is -0.357 e. The van der Waals surface area contributed by atoms with Gasteiger partial charge in [-0.05, 0) is 43.2 Å². The molecular weight excluding hydrogens is 507 g/mol. The van der Waals surface area contributed by atoms with Crippen molar-refractivity contribution in [3.63, 3.8) is 0 Å². The molecule has 0 bridgehead atoms. The number of aliphatic imine (C=N–C) groups is 1. The number of nitrogens with one attached hydrogen (secondary N) is 2. The van der Waals surface area contributed by atoms with Gasteiger partial charge in [0.15, 0.2) is 5.96 Å². The van der Waals surface area contributed by atoms with Crippen LogP contribution >= 0.6 is 35.7 Å². The van der Waals surface area contributed by atoms with Crippen LogP contribution in [-0.2, 0) is 16.4 Å². The van der Waals surface area contributed by atoms with Gasteiger partial charge in [-0.1, -0.05) is 30.3 Å². The van der Waals surface area contributed by atoms with Gasteiger partial charge >= 0.3 is 0 Å². The van der Waals surface area contributed by atoms with Gasteiger partial charge < -0.3 is 10.6 Å². The maximum atomic E-state index is 11.3. The lowest BCUT2D eigenvalue weighted by molar-refractivity contribution is 0.598. The van der Waals surface area contributed by atoms with Crippen LogP contribution < -0.4 is 15.8 Å². The zero-order valence-electron chi connectivity index (χ0n) is 15.8. The van der Waals surface area contributed by atoms with Crippen LogP contribution in [0.5, 0.6) is 0 Å². The number of benzene rings is 2. The second-order valence-corrected chi connectivity index (χ2v) is 8.52. The summed E-state index contributed by atoms with van der Waals surface area (Å²) in [6.07, 6.45) is 0.722. The molecular formula is C19H27IN4O2S2. The van der Waals surface area contributed by atoms with Crippen molar-refractivity contribution < 1.29 is 8.42 Å².